The summed E-state index contributed by atoms with van der Waals surface area (Å²) in [6, 6.07) is 22.2. The molecule has 5 rings (SSSR count). The summed E-state index contributed by atoms with van der Waals surface area (Å²) in [5, 5.41) is 0. The number of rotatable bonds is 3. The van der Waals surface area contributed by atoms with Gasteiger partial charge in [-0.15, -0.1) is 0 Å². The highest BCUT2D eigenvalue weighted by Crippen LogP contribution is 2.49. The highest BCUT2D eigenvalue weighted by Gasteiger charge is 2.55. The van der Waals surface area contributed by atoms with Gasteiger partial charge in [0.15, 0.2) is 5.72 Å². The first-order valence-corrected chi connectivity index (χ1v) is 11.0. The van der Waals surface area contributed by atoms with Gasteiger partial charge < -0.3 is 4.74 Å². The zero-order valence-electron chi connectivity index (χ0n) is 18.5. The van der Waals surface area contributed by atoms with E-state index in [1.807, 2.05) is 74.5 Å². The molecule has 1 fully saturated rings. The van der Waals surface area contributed by atoms with Crippen molar-refractivity contribution in [2.45, 2.75) is 45.4 Å². The number of hydrogen-bond donors (Lipinski definition) is 0. The maximum atomic E-state index is 14.0. The molecule has 3 aromatic carbocycles. The Hall–Kier alpha value is -3.60. The van der Waals surface area contributed by atoms with Crippen molar-refractivity contribution >= 4 is 17.6 Å². The van der Waals surface area contributed by atoms with Crippen LogP contribution in [0.25, 0.3) is 0 Å². The highest BCUT2D eigenvalue weighted by molar-refractivity contribution is 6.10. The van der Waals surface area contributed by atoms with Gasteiger partial charge in [0, 0.05) is 23.2 Å². The molecular weight excluding hydrogens is 400 g/mol. The van der Waals surface area contributed by atoms with Gasteiger partial charge >= 0.3 is 6.03 Å². The van der Waals surface area contributed by atoms with Crippen LogP contribution in [0.1, 0.15) is 53.4 Å². The van der Waals surface area contributed by atoms with E-state index in [-0.39, 0.29) is 11.9 Å². The monoisotopic (exact) mass is 426 g/mol. The van der Waals surface area contributed by atoms with Crippen LogP contribution in [0.2, 0.25) is 0 Å². The summed E-state index contributed by atoms with van der Waals surface area (Å²) in [5.41, 5.74) is 3.38. The average Bonchev–Trinajstić information content (AvgIpc) is 2.79. The van der Waals surface area contributed by atoms with Gasteiger partial charge in [0.25, 0.3) is 5.91 Å². The molecule has 0 saturated carbocycles. The van der Waals surface area contributed by atoms with Crippen molar-refractivity contribution < 1.29 is 14.3 Å². The van der Waals surface area contributed by atoms with Crippen LogP contribution in [0.5, 0.6) is 5.75 Å². The quantitative estimate of drug-likeness (QED) is 0.525. The SMILES string of the molecule is CCc1cccc(N2C(=O)N(C(=O)c3ccc(C)cc3)C3CC2(C)Oc2ccccc23)c1. The second-order valence-corrected chi connectivity index (χ2v) is 8.72. The Morgan fingerprint density at radius 3 is 2.56 bits per heavy atom. The molecule has 2 atom stereocenters. The molecule has 2 aliphatic heterocycles. The largest absolute Gasteiger partial charge is 0.467 e. The maximum Gasteiger partial charge on any atom is 0.335 e. The lowest BCUT2D eigenvalue weighted by Gasteiger charge is -2.53. The van der Waals surface area contributed by atoms with E-state index in [1.165, 1.54) is 4.90 Å². The summed E-state index contributed by atoms with van der Waals surface area (Å²) in [6.45, 7) is 5.98. The number of benzene rings is 3. The van der Waals surface area contributed by atoms with Gasteiger partial charge in [0.1, 0.15) is 5.75 Å². The number of aryl methyl sites for hydroxylation is 2. The number of anilines is 1. The average molecular weight is 427 g/mol. The summed E-state index contributed by atoms with van der Waals surface area (Å²) >= 11 is 0. The molecule has 0 spiro atoms. The summed E-state index contributed by atoms with van der Waals surface area (Å²) in [7, 11) is 0. The first-order valence-electron chi connectivity index (χ1n) is 11.0. The van der Waals surface area contributed by atoms with Crippen molar-refractivity contribution in [3.05, 3.63) is 95.1 Å². The molecule has 0 aromatic heterocycles. The van der Waals surface area contributed by atoms with Crippen LogP contribution in [0, 0.1) is 6.92 Å². The number of nitrogens with zero attached hydrogens (tertiary/aromatic N) is 2. The van der Waals surface area contributed by atoms with Crippen molar-refractivity contribution in [1.82, 2.24) is 4.90 Å². The Balaban J connectivity index is 1.66. The van der Waals surface area contributed by atoms with Gasteiger partial charge in [-0.1, -0.05) is 55.0 Å². The van der Waals surface area contributed by atoms with Gasteiger partial charge in [0.05, 0.1) is 6.04 Å². The predicted octanol–water partition coefficient (Wildman–Crippen LogP) is 5.88. The van der Waals surface area contributed by atoms with E-state index in [0.717, 1.165) is 28.8 Å². The van der Waals surface area contributed by atoms with Crippen LogP contribution < -0.4 is 9.64 Å². The summed E-state index contributed by atoms with van der Waals surface area (Å²) < 4.78 is 6.42. The summed E-state index contributed by atoms with van der Waals surface area (Å²) in [5.74, 6) is 0.410. The number of carbonyl (C=O) groups is 2. The molecule has 32 heavy (non-hydrogen) atoms. The van der Waals surface area contributed by atoms with E-state index in [1.54, 1.807) is 17.0 Å². The zero-order chi connectivity index (χ0) is 22.5. The number of fused-ring (bicyclic) bond motifs is 4. The fourth-order valence-corrected chi connectivity index (χ4v) is 4.77. The number of hydrogen-bond acceptors (Lipinski definition) is 3. The number of amides is 3. The van der Waals surface area contributed by atoms with E-state index in [2.05, 4.69) is 6.92 Å². The number of ether oxygens (including phenoxy) is 1. The fourth-order valence-electron chi connectivity index (χ4n) is 4.77. The Bertz CT molecular complexity index is 1200. The molecule has 3 amide bonds. The molecule has 2 aliphatic rings. The second-order valence-electron chi connectivity index (χ2n) is 8.72. The molecule has 2 heterocycles. The van der Waals surface area contributed by atoms with Crippen molar-refractivity contribution in [3.8, 4) is 5.75 Å². The van der Waals surface area contributed by atoms with Crippen molar-refractivity contribution in [2.75, 3.05) is 4.90 Å². The van der Waals surface area contributed by atoms with Crippen molar-refractivity contribution in [2.24, 2.45) is 0 Å². The third-order valence-electron chi connectivity index (χ3n) is 6.46. The highest BCUT2D eigenvalue weighted by atomic mass is 16.5. The molecule has 0 N–H and O–H groups in total. The molecule has 5 nitrogen and oxygen atoms in total. The Labute approximate surface area is 188 Å². The van der Waals surface area contributed by atoms with Crippen LogP contribution in [0.4, 0.5) is 10.5 Å². The van der Waals surface area contributed by atoms with Crippen molar-refractivity contribution in [1.29, 1.82) is 0 Å². The van der Waals surface area contributed by atoms with Crippen LogP contribution in [-0.4, -0.2) is 22.6 Å². The molecule has 1 saturated heterocycles. The van der Waals surface area contributed by atoms with E-state index >= 15 is 0 Å². The minimum atomic E-state index is -0.896. The molecule has 2 bridgehead atoms. The van der Waals surface area contributed by atoms with Gasteiger partial charge in [0.2, 0.25) is 0 Å². The number of para-hydroxylation sites is 1. The minimum Gasteiger partial charge on any atom is -0.467 e. The predicted molar refractivity (Wildman–Crippen MR) is 124 cm³/mol. The first-order chi connectivity index (χ1) is 15.4. The number of imide groups is 1. The first kappa shape index (κ1) is 20.3. The molecule has 3 aromatic rings. The normalized spacial score (nSPS) is 21.7. The van der Waals surface area contributed by atoms with E-state index in [4.69, 9.17) is 4.74 Å². The molecule has 2 unspecified atom stereocenters. The van der Waals surface area contributed by atoms with Crippen LogP contribution in [0.3, 0.4) is 0 Å². The molecular formula is C27H26N2O3. The minimum absolute atomic E-state index is 0.296. The topological polar surface area (TPSA) is 49.9 Å². The van der Waals surface area contributed by atoms with E-state index in [0.29, 0.717) is 17.7 Å². The number of urea groups is 1. The lowest BCUT2D eigenvalue weighted by atomic mass is 9.88. The number of carbonyl (C=O) groups excluding carboxylic acids is 2. The van der Waals surface area contributed by atoms with Crippen molar-refractivity contribution in [3.63, 3.8) is 0 Å². The maximum absolute atomic E-state index is 14.0. The van der Waals surface area contributed by atoms with E-state index in [9.17, 15) is 9.59 Å². The molecule has 162 valence electrons. The Morgan fingerprint density at radius 1 is 1.06 bits per heavy atom. The summed E-state index contributed by atoms with van der Waals surface area (Å²) in [6.07, 6.45) is 1.34. The fraction of sp³-hybridized carbons (Fsp3) is 0.259. The van der Waals surface area contributed by atoms with Crippen LogP contribution >= 0.6 is 0 Å². The van der Waals surface area contributed by atoms with Gasteiger partial charge in [-0.25, -0.2) is 4.79 Å². The molecule has 5 heteroatoms. The lowest BCUT2D eigenvalue weighted by Crippen LogP contribution is -2.67. The Morgan fingerprint density at radius 2 is 1.81 bits per heavy atom. The Kier molecular flexibility index (Phi) is 4.77. The standard InChI is InChI=1S/C27H26N2O3/c1-4-19-8-7-9-21(16-19)29-26(31)28(25(30)20-14-12-18(2)13-15-20)23-17-27(29,3)32-24-11-6-5-10-22(23)24/h5-16,23H,4,17H2,1-3H3. The lowest BCUT2D eigenvalue weighted by molar-refractivity contribution is 0.00268. The van der Waals surface area contributed by atoms with E-state index < -0.39 is 11.8 Å². The van der Waals surface area contributed by atoms with Crippen LogP contribution in [0.15, 0.2) is 72.8 Å². The third kappa shape index (κ3) is 3.16. The third-order valence-corrected chi connectivity index (χ3v) is 6.46. The molecule has 0 radical (unpaired) electrons. The van der Waals surface area contributed by atoms with Crippen LogP contribution in [-0.2, 0) is 6.42 Å². The smallest absolute Gasteiger partial charge is 0.335 e. The van der Waals surface area contributed by atoms with Gasteiger partial charge in [-0.05, 0) is 56.2 Å². The zero-order valence-corrected chi connectivity index (χ0v) is 18.5. The molecule has 0 aliphatic carbocycles. The summed E-state index contributed by atoms with van der Waals surface area (Å²) in [4.78, 5) is 30.7. The van der Waals surface area contributed by atoms with Gasteiger partial charge in [-0.3, -0.25) is 14.6 Å². The van der Waals surface area contributed by atoms with Gasteiger partial charge in [-0.2, -0.15) is 0 Å². The second kappa shape index (κ2) is 7.52.